The summed E-state index contributed by atoms with van der Waals surface area (Å²) in [5, 5.41) is 0. The second-order valence-corrected chi connectivity index (χ2v) is 6.23. The summed E-state index contributed by atoms with van der Waals surface area (Å²) in [6, 6.07) is 2.06. The van der Waals surface area contributed by atoms with E-state index in [9.17, 15) is 18.4 Å². The Balaban J connectivity index is 2.06. The molecule has 28 heavy (non-hydrogen) atoms. The molecule has 1 aromatic carbocycles. The highest BCUT2D eigenvalue weighted by Gasteiger charge is 2.29. The third kappa shape index (κ3) is 3.76. The molecule has 0 atom stereocenters. The molecular formula is C20H19F2NO5. The molecule has 2 aliphatic rings. The molecule has 0 radical (unpaired) electrons. The van der Waals surface area contributed by atoms with Crippen LogP contribution in [0.3, 0.4) is 0 Å². The second kappa shape index (κ2) is 8.24. The smallest absolute Gasteiger partial charge is 0.355 e. The van der Waals surface area contributed by atoms with Crippen molar-refractivity contribution in [3.8, 4) is 5.75 Å². The van der Waals surface area contributed by atoms with Crippen LogP contribution in [0.4, 0.5) is 14.5 Å². The molecule has 0 aromatic heterocycles. The first-order chi connectivity index (χ1) is 13.5. The molecule has 1 aliphatic heterocycles. The molecule has 0 unspecified atom stereocenters. The van der Waals surface area contributed by atoms with Crippen LogP contribution in [0, 0.1) is 11.6 Å². The molecule has 0 N–H and O–H groups in total. The SMILES string of the molecule is COC(=O)C1=C(C(=O)OC)N(c2cc(F)c(OC3CCC3)c(F)c2)C=CC=C1. The van der Waals surface area contributed by atoms with Crippen molar-refractivity contribution in [2.45, 2.75) is 25.4 Å². The van der Waals surface area contributed by atoms with Crippen LogP contribution in [-0.2, 0) is 19.1 Å². The molecule has 1 aliphatic carbocycles. The maximum Gasteiger partial charge on any atom is 0.355 e. The van der Waals surface area contributed by atoms with Gasteiger partial charge in [-0.3, -0.25) is 0 Å². The zero-order valence-electron chi connectivity index (χ0n) is 15.4. The monoisotopic (exact) mass is 391 g/mol. The molecule has 6 nitrogen and oxygen atoms in total. The van der Waals surface area contributed by atoms with Gasteiger partial charge in [-0.05, 0) is 31.4 Å². The maximum atomic E-state index is 14.6. The van der Waals surface area contributed by atoms with Gasteiger partial charge in [0.15, 0.2) is 17.4 Å². The minimum Gasteiger partial charge on any atom is -0.484 e. The summed E-state index contributed by atoms with van der Waals surface area (Å²) in [6.45, 7) is 0. The summed E-state index contributed by atoms with van der Waals surface area (Å²) in [5.74, 6) is -3.93. The first kappa shape index (κ1) is 19.6. The van der Waals surface area contributed by atoms with E-state index in [1.165, 1.54) is 24.4 Å². The van der Waals surface area contributed by atoms with Gasteiger partial charge in [0.05, 0.1) is 31.6 Å². The normalized spacial score (nSPS) is 16.5. The Kier molecular flexibility index (Phi) is 5.77. The van der Waals surface area contributed by atoms with Gasteiger partial charge < -0.3 is 19.1 Å². The van der Waals surface area contributed by atoms with Crippen LogP contribution < -0.4 is 9.64 Å². The van der Waals surface area contributed by atoms with Crippen molar-refractivity contribution in [2.24, 2.45) is 0 Å². The number of carbonyl (C=O) groups is 2. The van der Waals surface area contributed by atoms with Gasteiger partial charge >= 0.3 is 11.9 Å². The molecule has 0 bridgehead atoms. The third-order valence-corrected chi connectivity index (χ3v) is 4.49. The molecule has 0 amide bonds. The summed E-state index contributed by atoms with van der Waals surface area (Å²) in [7, 11) is 2.30. The predicted octanol–water partition coefficient (Wildman–Crippen LogP) is 3.39. The Morgan fingerprint density at radius 2 is 1.68 bits per heavy atom. The van der Waals surface area contributed by atoms with Crippen molar-refractivity contribution in [3.63, 3.8) is 0 Å². The number of anilines is 1. The number of esters is 2. The quantitative estimate of drug-likeness (QED) is 0.717. The average molecular weight is 391 g/mol. The Hall–Kier alpha value is -3.16. The second-order valence-electron chi connectivity index (χ2n) is 6.23. The van der Waals surface area contributed by atoms with Crippen molar-refractivity contribution in [3.05, 3.63) is 59.5 Å². The topological polar surface area (TPSA) is 65.1 Å². The molecule has 1 aromatic rings. The van der Waals surface area contributed by atoms with E-state index in [-0.39, 0.29) is 23.1 Å². The highest BCUT2D eigenvalue weighted by atomic mass is 19.1. The summed E-state index contributed by atoms with van der Waals surface area (Å²) >= 11 is 0. The fraction of sp³-hybridized carbons (Fsp3) is 0.300. The standard InChI is InChI=1S/C20H19F2NO5/c1-26-19(24)14-8-3-4-9-23(17(14)20(25)27-2)12-10-15(21)18(16(22)11-12)28-13-6-5-7-13/h3-4,8-11,13H,5-7H2,1-2H3. The predicted molar refractivity (Wildman–Crippen MR) is 96.4 cm³/mol. The van der Waals surface area contributed by atoms with Crippen LogP contribution in [0.15, 0.2) is 47.8 Å². The molecule has 148 valence electrons. The van der Waals surface area contributed by atoms with Gasteiger partial charge in [-0.1, -0.05) is 6.08 Å². The minimum absolute atomic E-state index is 0.0160. The largest absolute Gasteiger partial charge is 0.484 e. The molecule has 1 saturated carbocycles. The lowest BCUT2D eigenvalue weighted by atomic mass is 9.96. The van der Waals surface area contributed by atoms with E-state index in [1.807, 2.05) is 0 Å². The van der Waals surface area contributed by atoms with Crippen molar-refractivity contribution in [1.82, 2.24) is 0 Å². The fourth-order valence-electron chi connectivity index (χ4n) is 2.82. The lowest BCUT2D eigenvalue weighted by molar-refractivity contribution is -0.139. The highest BCUT2D eigenvalue weighted by molar-refractivity contribution is 6.05. The van der Waals surface area contributed by atoms with Gasteiger partial charge in [-0.15, -0.1) is 0 Å². The zero-order chi connectivity index (χ0) is 20.3. The lowest BCUT2D eigenvalue weighted by Crippen LogP contribution is -2.28. The summed E-state index contributed by atoms with van der Waals surface area (Å²) in [6.07, 6.45) is 8.01. The first-order valence-corrected chi connectivity index (χ1v) is 8.67. The van der Waals surface area contributed by atoms with Crippen molar-refractivity contribution in [2.75, 3.05) is 19.1 Å². The van der Waals surface area contributed by atoms with Crippen LogP contribution in [0.5, 0.6) is 5.75 Å². The summed E-state index contributed by atoms with van der Waals surface area (Å²) < 4.78 is 44.0. The van der Waals surface area contributed by atoms with E-state index < -0.39 is 29.3 Å². The van der Waals surface area contributed by atoms with Crippen LogP contribution in [0.1, 0.15) is 19.3 Å². The maximum absolute atomic E-state index is 14.6. The minimum atomic E-state index is -0.906. The van der Waals surface area contributed by atoms with Gasteiger partial charge in [0.1, 0.15) is 5.70 Å². The summed E-state index contributed by atoms with van der Waals surface area (Å²) in [5.41, 5.74) is -0.363. The number of ether oxygens (including phenoxy) is 3. The number of halogens is 2. The molecule has 1 fully saturated rings. The fourth-order valence-corrected chi connectivity index (χ4v) is 2.82. The van der Waals surface area contributed by atoms with E-state index in [2.05, 4.69) is 0 Å². The number of benzene rings is 1. The molecule has 0 saturated heterocycles. The van der Waals surface area contributed by atoms with Gasteiger partial charge in [-0.2, -0.15) is 0 Å². The molecular weight excluding hydrogens is 372 g/mol. The zero-order valence-corrected chi connectivity index (χ0v) is 15.4. The van der Waals surface area contributed by atoms with Gasteiger partial charge in [0.25, 0.3) is 0 Å². The van der Waals surface area contributed by atoms with E-state index >= 15 is 0 Å². The van der Waals surface area contributed by atoms with Crippen LogP contribution in [0.25, 0.3) is 0 Å². The third-order valence-electron chi connectivity index (χ3n) is 4.49. The Bertz CT molecular complexity index is 864. The summed E-state index contributed by atoms with van der Waals surface area (Å²) in [4.78, 5) is 25.6. The molecule has 0 spiro atoms. The number of rotatable bonds is 5. The van der Waals surface area contributed by atoms with Gasteiger partial charge in [0, 0.05) is 18.3 Å². The van der Waals surface area contributed by atoms with E-state index in [4.69, 9.17) is 14.2 Å². The first-order valence-electron chi connectivity index (χ1n) is 8.67. The van der Waals surface area contributed by atoms with E-state index in [0.717, 1.165) is 50.5 Å². The number of carbonyl (C=O) groups excluding carboxylic acids is 2. The van der Waals surface area contributed by atoms with Crippen LogP contribution >= 0.6 is 0 Å². The number of hydrogen-bond donors (Lipinski definition) is 0. The van der Waals surface area contributed by atoms with E-state index in [0.29, 0.717) is 0 Å². The van der Waals surface area contributed by atoms with Gasteiger partial charge in [-0.25, -0.2) is 18.4 Å². The molecule has 3 rings (SSSR count). The van der Waals surface area contributed by atoms with Gasteiger partial charge in [0.2, 0.25) is 0 Å². The number of hydrogen-bond acceptors (Lipinski definition) is 6. The van der Waals surface area contributed by atoms with Crippen LogP contribution in [-0.4, -0.2) is 32.3 Å². The average Bonchev–Trinajstić information content (AvgIpc) is 2.87. The van der Waals surface area contributed by atoms with Crippen LogP contribution in [0.2, 0.25) is 0 Å². The number of methoxy groups -OCH3 is 2. The Morgan fingerprint density at radius 3 is 2.21 bits per heavy atom. The Morgan fingerprint density at radius 1 is 1.04 bits per heavy atom. The highest BCUT2D eigenvalue weighted by Crippen LogP contribution is 2.34. The van der Waals surface area contributed by atoms with Crippen molar-refractivity contribution in [1.29, 1.82) is 0 Å². The molecule has 1 heterocycles. The van der Waals surface area contributed by atoms with Crippen molar-refractivity contribution < 1.29 is 32.6 Å². The number of allylic oxidation sites excluding steroid dienone is 2. The van der Waals surface area contributed by atoms with Crippen molar-refractivity contribution >= 4 is 17.6 Å². The van der Waals surface area contributed by atoms with E-state index in [1.54, 1.807) is 0 Å². The Labute approximate surface area is 160 Å². The number of nitrogens with zero attached hydrogens (tertiary/aromatic N) is 1. The molecule has 8 heteroatoms. The lowest BCUT2D eigenvalue weighted by Gasteiger charge is -2.27.